The molecule has 0 aliphatic rings. The molecule has 0 bridgehead atoms. The molecule has 0 saturated carbocycles. The van der Waals surface area contributed by atoms with E-state index in [1.807, 2.05) is 0 Å². The Morgan fingerprint density at radius 1 is 1.24 bits per heavy atom. The summed E-state index contributed by atoms with van der Waals surface area (Å²) in [4.78, 5) is 11.2. The summed E-state index contributed by atoms with van der Waals surface area (Å²) in [5.74, 6) is 0. The van der Waals surface area contributed by atoms with Crippen LogP contribution in [0.15, 0.2) is 24.3 Å². The van der Waals surface area contributed by atoms with Crippen molar-refractivity contribution >= 4 is 75.5 Å². The molecule has 3 N–H and O–H groups in total. The van der Waals surface area contributed by atoms with Crippen molar-refractivity contribution in [1.29, 1.82) is 0 Å². The first-order valence-corrected chi connectivity index (χ1v) is 7.38. The van der Waals surface area contributed by atoms with E-state index in [1.54, 1.807) is 24.3 Å². The average molecular weight is 391 g/mol. The average Bonchev–Trinajstić information content (AvgIpc) is 2.39. The molecule has 1 atom stereocenters. The van der Waals surface area contributed by atoms with Crippen molar-refractivity contribution in [3.05, 3.63) is 29.3 Å². The predicted octanol–water partition coefficient (Wildman–Crippen LogP) is 3.68. The lowest BCUT2D eigenvalue weighted by atomic mass is 10.3. The van der Waals surface area contributed by atoms with Gasteiger partial charge in [-0.25, -0.2) is 4.79 Å². The number of methoxy groups -OCH3 is 1. The predicted molar refractivity (Wildman–Crippen MR) is 90.4 cm³/mol. The number of rotatable bonds is 3. The number of amides is 1. The molecule has 10 heteroatoms. The molecule has 0 heterocycles. The monoisotopic (exact) mass is 389 g/mol. The fourth-order valence-electron chi connectivity index (χ4n) is 1.21. The maximum Gasteiger partial charge on any atom is 0.408 e. The summed E-state index contributed by atoms with van der Waals surface area (Å²) in [6.07, 6.45) is -1.85. The van der Waals surface area contributed by atoms with E-state index in [0.717, 1.165) is 0 Å². The highest BCUT2D eigenvalue weighted by atomic mass is 35.6. The molecule has 1 rings (SSSR count). The van der Waals surface area contributed by atoms with Crippen LogP contribution in [-0.2, 0) is 4.74 Å². The van der Waals surface area contributed by atoms with Gasteiger partial charge in [-0.3, -0.25) is 5.32 Å². The van der Waals surface area contributed by atoms with Crippen LogP contribution in [0, 0.1) is 0 Å². The maximum absolute atomic E-state index is 11.2. The fourth-order valence-corrected chi connectivity index (χ4v) is 1.90. The van der Waals surface area contributed by atoms with Gasteiger partial charge in [-0.05, 0) is 36.5 Å². The van der Waals surface area contributed by atoms with Gasteiger partial charge in [-0.2, -0.15) is 0 Å². The van der Waals surface area contributed by atoms with Crippen LogP contribution in [0.1, 0.15) is 0 Å². The number of hydrogen-bond acceptors (Lipinski definition) is 3. The molecule has 0 aliphatic heterocycles. The quantitative estimate of drug-likeness (QED) is 0.417. The molecule has 5 nitrogen and oxygen atoms in total. The summed E-state index contributed by atoms with van der Waals surface area (Å²) in [5.41, 5.74) is 0.679. The van der Waals surface area contributed by atoms with E-state index in [2.05, 4.69) is 20.7 Å². The highest BCUT2D eigenvalue weighted by molar-refractivity contribution is 7.80. The second kappa shape index (κ2) is 8.10. The van der Waals surface area contributed by atoms with Crippen molar-refractivity contribution in [2.45, 2.75) is 9.96 Å². The van der Waals surface area contributed by atoms with Gasteiger partial charge in [0.05, 0.1) is 7.11 Å². The molecule has 0 unspecified atom stereocenters. The molecule has 0 fully saturated rings. The van der Waals surface area contributed by atoms with Crippen LogP contribution in [0.5, 0.6) is 0 Å². The number of carbonyl (C=O) groups is 1. The van der Waals surface area contributed by atoms with Crippen LogP contribution in [0.3, 0.4) is 0 Å². The Kier molecular flexibility index (Phi) is 7.09. The number of hydrogen-bond donors (Lipinski definition) is 3. The standard InChI is InChI=1S/C11H11Cl4N3O2S/c1-20-10(19)18-8(11(13,14)15)17-9(21)16-7-4-2-6(12)3-5-7/h2-5,8H,1H3,(H,18,19)(H2,16,17,21)/t8-/m0/s1. The van der Waals surface area contributed by atoms with Crippen LogP contribution >= 0.6 is 58.6 Å². The van der Waals surface area contributed by atoms with E-state index in [0.29, 0.717) is 10.7 Å². The number of nitrogens with one attached hydrogen (secondary N) is 3. The first-order chi connectivity index (χ1) is 9.72. The van der Waals surface area contributed by atoms with E-state index < -0.39 is 16.1 Å². The SMILES string of the molecule is COC(=O)N[C@H](NC(=S)Nc1ccc(Cl)cc1)C(Cl)(Cl)Cl. The first kappa shape index (κ1) is 18.4. The molecular weight excluding hydrogens is 380 g/mol. The minimum atomic E-state index is -1.83. The number of benzene rings is 1. The zero-order chi connectivity index (χ0) is 16.0. The van der Waals surface area contributed by atoms with Gasteiger partial charge in [-0.15, -0.1) is 0 Å². The number of alkyl halides is 3. The highest BCUT2D eigenvalue weighted by Gasteiger charge is 2.34. The summed E-state index contributed by atoms with van der Waals surface area (Å²) >= 11 is 28.1. The van der Waals surface area contributed by atoms with E-state index in [4.69, 9.17) is 58.6 Å². The molecular formula is C11H11Cl4N3O2S. The normalized spacial score (nSPS) is 12.2. The van der Waals surface area contributed by atoms with Crippen molar-refractivity contribution < 1.29 is 9.53 Å². The number of alkyl carbamates (subject to hydrolysis) is 1. The minimum Gasteiger partial charge on any atom is -0.453 e. The number of anilines is 1. The Bertz CT molecular complexity index is 507. The number of thiocarbonyl (C=S) groups is 1. The van der Waals surface area contributed by atoms with Crippen molar-refractivity contribution in [2.75, 3.05) is 12.4 Å². The van der Waals surface area contributed by atoms with E-state index >= 15 is 0 Å². The Balaban J connectivity index is 2.67. The molecule has 0 aromatic heterocycles. The van der Waals surface area contributed by atoms with Gasteiger partial charge in [0.1, 0.15) is 0 Å². The van der Waals surface area contributed by atoms with E-state index in [9.17, 15) is 4.79 Å². The van der Waals surface area contributed by atoms with Gasteiger partial charge in [0.2, 0.25) is 3.79 Å². The first-order valence-electron chi connectivity index (χ1n) is 5.46. The molecule has 0 aliphatic carbocycles. The lowest BCUT2D eigenvalue weighted by Gasteiger charge is -2.27. The molecule has 116 valence electrons. The smallest absolute Gasteiger partial charge is 0.408 e. The summed E-state index contributed by atoms with van der Waals surface area (Å²) in [6, 6.07) is 6.81. The van der Waals surface area contributed by atoms with Gasteiger partial charge < -0.3 is 15.4 Å². The van der Waals surface area contributed by atoms with Crippen molar-refractivity contribution in [1.82, 2.24) is 10.6 Å². The molecule has 1 amide bonds. The second-order valence-electron chi connectivity index (χ2n) is 3.72. The second-order valence-corrected chi connectivity index (χ2v) is 6.93. The third kappa shape index (κ3) is 6.76. The number of halogens is 4. The molecule has 1 aromatic rings. The zero-order valence-electron chi connectivity index (χ0n) is 10.6. The Labute approximate surface area is 147 Å². The summed E-state index contributed by atoms with van der Waals surface area (Å²) in [7, 11) is 1.19. The van der Waals surface area contributed by atoms with Gasteiger partial charge in [0.25, 0.3) is 0 Å². The largest absolute Gasteiger partial charge is 0.453 e. The van der Waals surface area contributed by atoms with Gasteiger partial charge >= 0.3 is 6.09 Å². The van der Waals surface area contributed by atoms with Crippen LogP contribution in [-0.4, -0.2) is 28.3 Å². The van der Waals surface area contributed by atoms with Crippen molar-refractivity contribution in [3.8, 4) is 0 Å². The van der Waals surface area contributed by atoms with Crippen LogP contribution in [0.25, 0.3) is 0 Å². The van der Waals surface area contributed by atoms with E-state index in [-0.39, 0.29) is 5.11 Å². The minimum absolute atomic E-state index is 0.144. The van der Waals surface area contributed by atoms with Gasteiger partial charge in [-0.1, -0.05) is 46.4 Å². The third-order valence-electron chi connectivity index (χ3n) is 2.15. The Morgan fingerprint density at radius 3 is 2.29 bits per heavy atom. The lowest BCUT2D eigenvalue weighted by Crippen LogP contribution is -2.56. The van der Waals surface area contributed by atoms with Crippen LogP contribution in [0.2, 0.25) is 5.02 Å². The molecule has 0 spiro atoms. The summed E-state index contributed by atoms with van der Waals surface area (Å²) in [6.45, 7) is 0. The molecule has 0 saturated heterocycles. The highest BCUT2D eigenvalue weighted by Crippen LogP contribution is 2.29. The third-order valence-corrected chi connectivity index (χ3v) is 3.28. The topological polar surface area (TPSA) is 62.4 Å². The Hall–Kier alpha value is -0.660. The zero-order valence-corrected chi connectivity index (χ0v) is 14.5. The van der Waals surface area contributed by atoms with Gasteiger partial charge in [0, 0.05) is 10.7 Å². The summed E-state index contributed by atoms with van der Waals surface area (Å²) in [5, 5.41) is 8.57. The number of ether oxygens (including phenoxy) is 1. The van der Waals surface area contributed by atoms with Crippen molar-refractivity contribution in [3.63, 3.8) is 0 Å². The Morgan fingerprint density at radius 2 is 1.81 bits per heavy atom. The summed E-state index contributed by atoms with van der Waals surface area (Å²) < 4.78 is 2.61. The van der Waals surface area contributed by atoms with Crippen LogP contribution < -0.4 is 16.0 Å². The fraction of sp³-hybridized carbons (Fsp3) is 0.273. The van der Waals surface area contributed by atoms with Crippen LogP contribution in [0.4, 0.5) is 10.5 Å². The number of carbonyl (C=O) groups excluding carboxylic acids is 1. The molecule has 0 radical (unpaired) electrons. The van der Waals surface area contributed by atoms with Crippen molar-refractivity contribution in [2.24, 2.45) is 0 Å². The molecule has 1 aromatic carbocycles. The molecule has 21 heavy (non-hydrogen) atoms. The van der Waals surface area contributed by atoms with E-state index in [1.165, 1.54) is 7.11 Å². The lowest BCUT2D eigenvalue weighted by molar-refractivity contribution is 0.166. The van der Waals surface area contributed by atoms with Gasteiger partial charge in [0.15, 0.2) is 11.3 Å². The maximum atomic E-state index is 11.2.